The summed E-state index contributed by atoms with van der Waals surface area (Å²) in [5.74, 6) is 0.644. The Hall–Kier alpha value is -1.71. The Morgan fingerprint density at radius 2 is 2.06 bits per heavy atom. The van der Waals surface area contributed by atoms with Gasteiger partial charge in [-0.05, 0) is 37.0 Å². The lowest BCUT2D eigenvalue weighted by molar-refractivity contribution is 0.0995. The summed E-state index contributed by atoms with van der Waals surface area (Å²) in [7, 11) is 0. The van der Waals surface area contributed by atoms with Crippen LogP contribution < -0.4 is 16.2 Å². The summed E-state index contributed by atoms with van der Waals surface area (Å²) in [4.78, 5) is 11.3. The van der Waals surface area contributed by atoms with E-state index in [0.717, 1.165) is 0 Å². The third-order valence-electron chi connectivity index (χ3n) is 3.22. The number of amides is 1. The van der Waals surface area contributed by atoms with Crippen LogP contribution in [0.2, 0.25) is 0 Å². The Bertz CT molecular complexity index is 412. The highest BCUT2D eigenvalue weighted by Gasteiger charge is 2.17. The molecule has 0 spiro atoms. The summed E-state index contributed by atoms with van der Waals surface area (Å²) in [6, 6.07) is 4.99. The van der Waals surface area contributed by atoms with Crippen LogP contribution >= 0.6 is 0 Å². The smallest absolute Gasteiger partial charge is 0.252 e. The molecule has 4 nitrogen and oxygen atoms in total. The fourth-order valence-electron chi connectivity index (χ4n) is 2.25. The highest BCUT2D eigenvalue weighted by atomic mass is 16.5. The first-order valence-corrected chi connectivity index (χ1v) is 5.99. The van der Waals surface area contributed by atoms with E-state index in [2.05, 4.69) is 0 Å². The van der Waals surface area contributed by atoms with Gasteiger partial charge < -0.3 is 16.2 Å². The molecule has 17 heavy (non-hydrogen) atoms. The number of primary amides is 1. The summed E-state index contributed by atoms with van der Waals surface area (Å²) in [5.41, 5.74) is 11.8. The van der Waals surface area contributed by atoms with Crippen LogP contribution in [0.3, 0.4) is 0 Å². The molecule has 4 N–H and O–H groups in total. The standard InChI is InChI=1S/C13H18N2O2/c14-10-5-6-12(11(7-10)13(15)16)17-8-9-3-1-2-4-9/h5-7,9H,1-4,8,14H2,(H2,15,16). The summed E-state index contributed by atoms with van der Waals surface area (Å²) in [6.45, 7) is 0.657. The maximum Gasteiger partial charge on any atom is 0.252 e. The molecule has 1 aliphatic rings. The second-order valence-electron chi connectivity index (χ2n) is 4.58. The van der Waals surface area contributed by atoms with Crippen molar-refractivity contribution in [1.29, 1.82) is 0 Å². The van der Waals surface area contributed by atoms with E-state index in [1.54, 1.807) is 18.2 Å². The Kier molecular flexibility index (Phi) is 3.52. The van der Waals surface area contributed by atoms with Crippen molar-refractivity contribution in [2.45, 2.75) is 25.7 Å². The van der Waals surface area contributed by atoms with Crippen LogP contribution in [0.15, 0.2) is 18.2 Å². The SMILES string of the molecule is NC(=O)c1cc(N)ccc1OCC1CCCC1. The van der Waals surface area contributed by atoms with E-state index < -0.39 is 5.91 Å². The van der Waals surface area contributed by atoms with Crippen molar-refractivity contribution in [2.75, 3.05) is 12.3 Å². The molecule has 92 valence electrons. The minimum absolute atomic E-state index is 0.364. The van der Waals surface area contributed by atoms with Gasteiger partial charge >= 0.3 is 0 Å². The first kappa shape index (κ1) is 11.8. The van der Waals surface area contributed by atoms with Gasteiger partial charge in [0.15, 0.2) is 0 Å². The molecule has 4 heteroatoms. The highest BCUT2D eigenvalue weighted by molar-refractivity contribution is 5.96. The zero-order valence-electron chi connectivity index (χ0n) is 9.82. The Morgan fingerprint density at radius 1 is 1.35 bits per heavy atom. The number of carbonyl (C=O) groups excluding carboxylic acids is 1. The first-order chi connectivity index (χ1) is 8.16. The maximum absolute atomic E-state index is 11.3. The fourth-order valence-corrected chi connectivity index (χ4v) is 2.25. The minimum atomic E-state index is -0.501. The number of benzene rings is 1. The third kappa shape index (κ3) is 2.90. The molecule has 1 aliphatic carbocycles. The number of nitrogens with two attached hydrogens (primary N) is 2. The fraction of sp³-hybridized carbons (Fsp3) is 0.462. The topological polar surface area (TPSA) is 78.3 Å². The van der Waals surface area contributed by atoms with E-state index in [9.17, 15) is 4.79 Å². The number of anilines is 1. The molecule has 0 aliphatic heterocycles. The zero-order chi connectivity index (χ0) is 12.3. The van der Waals surface area contributed by atoms with Crippen LogP contribution in [0.4, 0.5) is 5.69 Å². The van der Waals surface area contributed by atoms with Crippen molar-refractivity contribution >= 4 is 11.6 Å². The third-order valence-corrected chi connectivity index (χ3v) is 3.22. The molecule has 1 fully saturated rings. The van der Waals surface area contributed by atoms with Crippen molar-refractivity contribution in [2.24, 2.45) is 11.7 Å². The van der Waals surface area contributed by atoms with Crippen molar-refractivity contribution in [3.63, 3.8) is 0 Å². The molecule has 1 aromatic carbocycles. The van der Waals surface area contributed by atoms with Crippen molar-refractivity contribution in [1.82, 2.24) is 0 Å². The lowest BCUT2D eigenvalue weighted by atomic mass is 10.1. The van der Waals surface area contributed by atoms with Gasteiger partial charge in [-0.25, -0.2) is 0 Å². The van der Waals surface area contributed by atoms with Crippen LogP contribution in [0.25, 0.3) is 0 Å². The van der Waals surface area contributed by atoms with Crippen LogP contribution in [0.5, 0.6) is 5.75 Å². The van der Waals surface area contributed by atoms with Gasteiger partial charge in [0.25, 0.3) is 5.91 Å². The number of ether oxygens (including phenoxy) is 1. The van der Waals surface area contributed by atoms with E-state index in [-0.39, 0.29) is 0 Å². The Balaban J connectivity index is 2.06. The number of rotatable bonds is 4. The molecule has 0 heterocycles. The molecule has 0 radical (unpaired) electrons. The average Bonchev–Trinajstić information content (AvgIpc) is 2.80. The predicted molar refractivity (Wildman–Crippen MR) is 66.8 cm³/mol. The largest absolute Gasteiger partial charge is 0.492 e. The molecule has 0 bridgehead atoms. The van der Waals surface area contributed by atoms with Crippen LogP contribution in [0.1, 0.15) is 36.0 Å². The average molecular weight is 234 g/mol. The van der Waals surface area contributed by atoms with Crippen molar-refractivity contribution in [3.8, 4) is 5.75 Å². The van der Waals surface area contributed by atoms with Gasteiger partial charge in [-0.1, -0.05) is 12.8 Å². The first-order valence-electron chi connectivity index (χ1n) is 5.99. The highest BCUT2D eigenvalue weighted by Crippen LogP contribution is 2.27. The number of carbonyl (C=O) groups is 1. The van der Waals surface area contributed by atoms with E-state index in [1.165, 1.54) is 25.7 Å². The maximum atomic E-state index is 11.3. The van der Waals surface area contributed by atoms with Crippen LogP contribution in [-0.4, -0.2) is 12.5 Å². The van der Waals surface area contributed by atoms with E-state index >= 15 is 0 Å². The molecule has 1 aromatic rings. The molecule has 0 aromatic heterocycles. The van der Waals surface area contributed by atoms with Crippen LogP contribution in [-0.2, 0) is 0 Å². The molecule has 1 amide bonds. The second-order valence-corrected chi connectivity index (χ2v) is 4.58. The normalized spacial score (nSPS) is 16.0. The second kappa shape index (κ2) is 5.08. The predicted octanol–water partition coefficient (Wildman–Crippen LogP) is 1.94. The van der Waals surface area contributed by atoms with Gasteiger partial charge in [-0.2, -0.15) is 0 Å². The van der Waals surface area contributed by atoms with Gasteiger partial charge in [0.2, 0.25) is 0 Å². The Morgan fingerprint density at radius 3 is 2.71 bits per heavy atom. The number of hydrogen-bond acceptors (Lipinski definition) is 3. The molecule has 0 unspecified atom stereocenters. The molecule has 0 atom stereocenters. The van der Waals surface area contributed by atoms with E-state index in [0.29, 0.717) is 29.5 Å². The van der Waals surface area contributed by atoms with E-state index in [4.69, 9.17) is 16.2 Å². The van der Waals surface area contributed by atoms with Gasteiger partial charge in [-0.3, -0.25) is 4.79 Å². The van der Waals surface area contributed by atoms with Gasteiger partial charge in [0.05, 0.1) is 12.2 Å². The molecule has 2 rings (SSSR count). The van der Waals surface area contributed by atoms with Gasteiger partial charge in [-0.15, -0.1) is 0 Å². The molecule has 1 saturated carbocycles. The molecular formula is C13H18N2O2. The Labute approximate surface area is 101 Å². The van der Waals surface area contributed by atoms with Gasteiger partial charge in [0, 0.05) is 5.69 Å². The van der Waals surface area contributed by atoms with Gasteiger partial charge in [0.1, 0.15) is 5.75 Å². The lowest BCUT2D eigenvalue weighted by Crippen LogP contribution is -2.15. The zero-order valence-corrected chi connectivity index (χ0v) is 9.82. The lowest BCUT2D eigenvalue weighted by Gasteiger charge is -2.13. The molecule has 0 saturated heterocycles. The number of hydrogen-bond donors (Lipinski definition) is 2. The summed E-state index contributed by atoms with van der Waals surface area (Å²) < 4.78 is 5.68. The summed E-state index contributed by atoms with van der Waals surface area (Å²) in [5, 5.41) is 0. The minimum Gasteiger partial charge on any atom is -0.492 e. The number of nitrogen functional groups attached to an aromatic ring is 1. The van der Waals surface area contributed by atoms with Crippen molar-refractivity contribution in [3.05, 3.63) is 23.8 Å². The summed E-state index contributed by atoms with van der Waals surface area (Å²) in [6.07, 6.45) is 4.97. The van der Waals surface area contributed by atoms with Crippen molar-refractivity contribution < 1.29 is 9.53 Å². The van der Waals surface area contributed by atoms with Crippen LogP contribution in [0, 0.1) is 5.92 Å². The monoisotopic (exact) mass is 234 g/mol. The summed E-state index contributed by atoms with van der Waals surface area (Å²) >= 11 is 0. The quantitative estimate of drug-likeness (QED) is 0.781. The van der Waals surface area contributed by atoms with E-state index in [1.807, 2.05) is 0 Å². The molecular weight excluding hydrogens is 216 g/mol.